The van der Waals surface area contributed by atoms with Gasteiger partial charge in [0, 0.05) is 6.20 Å². The van der Waals surface area contributed by atoms with Gasteiger partial charge in [-0.05, 0) is 0 Å². The number of hydrogen-bond acceptors (Lipinski definition) is 4. The van der Waals surface area contributed by atoms with Gasteiger partial charge in [0.1, 0.15) is 0 Å². The number of esters is 1. The summed E-state index contributed by atoms with van der Waals surface area (Å²) in [5.41, 5.74) is 3.41. The van der Waals surface area contributed by atoms with Crippen molar-refractivity contribution in [2.75, 3.05) is 7.11 Å². The van der Waals surface area contributed by atoms with Crippen molar-refractivity contribution in [1.82, 2.24) is 0 Å². The van der Waals surface area contributed by atoms with Crippen LogP contribution in [0.5, 0.6) is 0 Å². The average Bonchev–Trinajstić information content (AvgIpc) is 2.01. The topological polar surface area (TPSA) is 76.2 Å². The zero-order valence-corrected chi connectivity index (χ0v) is 7.31. The molecule has 0 aliphatic rings. The summed E-state index contributed by atoms with van der Waals surface area (Å²) in [4.78, 5) is 10.8. The highest BCUT2D eigenvalue weighted by Gasteiger charge is 2.32. The van der Waals surface area contributed by atoms with E-state index in [1.54, 1.807) is 0 Å². The van der Waals surface area contributed by atoms with Crippen LogP contribution in [-0.2, 0) is 9.53 Å². The third-order valence-electron chi connectivity index (χ3n) is 1.27. The van der Waals surface area contributed by atoms with E-state index in [9.17, 15) is 18.0 Å². The van der Waals surface area contributed by atoms with Gasteiger partial charge >= 0.3 is 12.1 Å². The summed E-state index contributed by atoms with van der Waals surface area (Å²) < 4.78 is 39.6. The second-order valence-electron chi connectivity index (χ2n) is 2.34. The minimum absolute atomic E-state index is 0.579. The lowest BCUT2D eigenvalue weighted by Crippen LogP contribution is -2.21. The van der Waals surface area contributed by atoms with Crippen molar-refractivity contribution in [1.29, 1.82) is 5.41 Å². The van der Waals surface area contributed by atoms with Gasteiger partial charge in [-0.3, -0.25) is 0 Å². The average molecular weight is 210 g/mol. The molecule has 80 valence electrons. The number of hydrogen-bond donors (Lipinski definition) is 2. The molecule has 0 unspecified atom stereocenters. The molecule has 0 aliphatic carbocycles. The van der Waals surface area contributed by atoms with E-state index in [1.165, 1.54) is 0 Å². The van der Waals surface area contributed by atoms with Gasteiger partial charge in [-0.1, -0.05) is 0 Å². The second kappa shape index (κ2) is 4.64. The van der Waals surface area contributed by atoms with Crippen molar-refractivity contribution in [3.63, 3.8) is 0 Å². The van der Waals surface area contributed by atoms with E-state index in [4.69, 9.17) is 11.1 Å². The molecule has 0 fully saturated rings. The van der Waals surface area contributed by atoms with Crippen LogP contribution in [0.3, 0.4) is 0 Å². The fourth-order valence-corrected chi connectivity index (χ4v) is 0.697. The van der Waals surface area contributed by atoms with E-state index in [0.29, 0.717) is 6.20 Å². The molecule has 7 heteroatoms. The Labute approximate surface area is 78.0 Å². The molecule has 0 aliphatic heterocycles. The first-order chi connectivity index (χ1) is 6.31. The highest BCUT2D eigenvalue weighted by Crippen LogP contribution is 2.21. The zero-order valence-electron chi connectivity index (χ0n) is 7.31. The molecular formula is C7H9F3N2O2. The van der Waals surface area contributed by atoms with Crippen LogP contribution >= 0.6 is 0 Å². The minimum Gasteiger partial charge on any atom is -0.465 e. The Balaban J connectivity index is 4.59. The van der Waals surface area contributed by atoms with Crippen molar-refractivity contribution in [3.8, 4) is 0 Å². The van der Waals surface area contributed by atoms with E-state index in [-0.39, 0.29) is 0 Å². The summed E-state index contributed by atoms with van der Waals surface area (Å²) >= 11 is 0. The Morgan fingerprint density at radius 3 is 2.36 bits per heavy atom. The Kier molecular flexibility index (Phi) is 4.13. The van der Waals surface area contributed by atoms with Gasteiger partial charge in [0.15, 0.2) is 0 Å². The number of methoxy groups -OCH3 is 1. The predicted molar refractivity (Wildman–Crippen MR) is 42.7 cm³/mol. The molecule has 3 N–H and O–H groups in total. The van der Waals surface area contributed by atoms with E-state index >= 15 is 0 Å². The first kappa shape index (κ1) is 12.5. The van der Waals surface area contributed by atoms with E-state index in [0.717, 1.165) is 7.11 Å². The third kappa shape index (κ3) is 3.92. The van der Waals surface area contributed by atoms with Gasteiger partial charge in [-0.15, -0.1) is 0 Å². The number of nitrogens with one attached hydrogen (secondary N) is 1. The summed E-state index contributed by atoms with van der Waals surface area (Å²) in [6.45, 7) is 0. The monoisotopic (exact) mass is 210 g/mol. The van der Waals surface area contributed by atoms with Crippen molar-refractivity contribution < 1.29 is 22.7 Å². The summed E-state index contributed by atoms with van der Waals surface area (Å²) in [6, 6.07) is 0. The van der Waals surface area contributed by atoms with Crippen LogP contribution < -0.4 is 5.73 Å². The molecule has 0 atom stereocenters. The third-order valence-corrected chi connectivity index (χ3v) is 1.27. The van der Waals surface area contributed by atoms with Gasteiger partial charge in [0.05, 0.1) is 24.8 Å². The molecule has 0 rings (SSSR count). The molecule has 0 aromatic rings. The van der Waals surface area contributed by atoms with Gasteiger partial charge in [0.2, 0.25) is 0 Å². The molecule has 14 heavy (non-hydrogen) atoms. The second-order valence-corrected chi connectivity index (χ2v) is 2.34. The molecule has 0 spiro atoms. The molecule has 0 heterocycles. The summed E-state index contributed by atoms with van der Waals surface area (Å²) in [5.74, 6) is -1.05. The number of rotatable bonds is 3. The molecule has 0 aromatic heterocycles. The number of ether oxygens (including phenoxy) is 1. The van der Waals surface area contributed by atoms with Crippen molar-refractivity contribution in [3.05, 3.63) is 11.8 Å². The fourth-order valence-electron chi connectivity index (χ4n) is 0.697. The summed E-state index contributed by atoms with van der Waals surface area (Å²) in [5, 5.41) is 6.97. The number of carbonyl (C=O) groups excluding carboxylic acids is 1. The first-order valence-electron chi connectivity index (χ1n) is 3.46. The Morgan fingerprint density at radius 2 is 2.07 bits per heavy atom. The lowest BCUT2D eigenvalue weighted by Gasteiger charge is -2.08. The van der Waals surface area contributed by atoms with E-state index < -0.39 is 29.9 Å². The molecule has 0 aromatic carbocycles. The predicted octanol–water partition coefficient (Wildman–Crippen LogP) is 0.974. The first-order valence-corrected chi connectivity index (χ1v) is 3.46. The van der Waals surface area contributed by atoms with Crippen LogP contribution in [0.2, 0.25) is 0 Å². The van der Waals surface area contributed by atoms with Crippen LogP contribution in [0, 0.1) is 5.41 Å². The number of alkyl halides is 3. The van der Waals surface area contributed by atoms with Gasteiger partial charge in [-0.2, -0.15) is 13.2 Å². The molecule has 0 saturated heterocycles. The zero-order chi connectivity index (χ0) is 11.4. The standard InChI is InChI=1S/C7H9F3N2O2/c1-14-6(13)4(3-11)5(12)2-7(8,9)10/h3,12H,2,11H2,1H3/b4-3+,12-5?. The largest absolute Gasteiger partial charge is 0.465 e. The smallest absolute Gasteiger partial charge is 0.394 e. The van der Waals surface area contributed by atoms with Crippen LogP contribution in [0.25, 0.3) is 0 Å². The maximum Gasteiger partial charge on any atom is 0.394 e. The maximum atomic E-state index is 11.8. The molecule has 0 amide bonds. The molecule has 0 radical (unpaired) electrons. The van der Waals surface area contributed by atoms with Gasteiger partial charge in [0.25, 0.3) is 0 Å². The summed E-state index contributed by atoms with van der Waals surface area (Å²) in [7, 11) is 0.993. The lowest BCUT2D eigenvalue weighted by atomic mass is 10.1. The quantitative estimate of drug-likeness (QED) is 0.414. The fraction of sp³-hybridized carbons (Fsp3) is 0.429. The van der Waals surface area contributed by atoms with Crippen LogP contribution in [0.1, 0.15) is 6.42 Å². The number of nitrogens with two attached hydrogens (primary N) is 1. The van der Waals surface area contributed by atoms with Crippen molar-refractivity contribution in [2.45, 2.75) is 12.6 Å². The Bertz CT molecular complexity index is 271. The Morgan fingerprint density at radius 1 is 1.57 bits per heavy atom. The maximum absolute atomic E-state index is 11.8. The molecule has 0 bridgehead atoms. The number of carbonyl (C=O) groups is 1. The van der Waals surface area contributed by atoms with Gasteiger partial charge in [-0.25, -0.2) is 4.79 Å². The highest BCUT2D eigenvalue weighted by atomic mass is 19.4. The highest BCUT2D eigenvalue weighted by molar-refractivity contribution is 6.18. The minimum atomic E-state index is -4.54. The van der Waals surface area contributed by atoms with Crippen LogP contribution in [-0.4, -0.2) is 25.0 Å². The lowest BCUT2D eigenvalue weighted by molar-refractivity contribution is -0.135. The van der Waals surface area contributed by atoms with Crippen LogP contribution in [0.15, 0.2) is 11.8 Å². The summed E-state index contributed by atoms with van der Waals surface area (Å²) in [6.07, 6.45) is -5.43. The van der Waals surface area contributed by atoms with Gasteiger partial charge < -0.3 is 15.9 Å². The number of halogens is 3. The Hall–Kier alpha value is -1.53. The normalized spacial score (nSPS) is 12.4. The van der Waals surface area contributed by atoms with E-state index in [2.05, 4.69) is 4.74 Å². The van der Waals surface area contributed by atoms with E-state index in [1.807, 2.05) is 0 Å². The van der Waals surface area contributed by atoms with Crippen molar-refractivity contribution in [2.24, 2.45) is 5.73 Å². The SMILES string of the molecule is COC(=O)/C(=C/N)C(=N)CC(F)(F)F. The van der Waals surface area contributed by atoms with Crippen LogP contribution in [0.4, 0.5) is 13.2 Å². The molecule has 4 nitrogen and oxygen atoms in total. The van der Waals surface area contributed by atoms with Crippen molar-refractivity contribution >= 4 is 11.7 Å². The molecule has 0 saturated carbocycles. The molecular weight excluding hydrogens is 201 g/mol.